The molecule has 2 heterocycles. The van der Waals surface area contributed by atoms with Crippen LogP contribution in [-0.4, -0.2) is 37.0 Å². The van der Waals surface area contributed by atoms with Gasteiger partial charge in [0, 0.05) is 23.9 Å². The number of aromatic nitrogens is 1. The molecule has 0 spiro atoms. The molecule has 0 bridgehead atoms. The molecule has 8 nitrogen and oxygen atoms in total. The molecule has 0 atom stereocenters. The molecule has 0 radical (unpaired) electrons. The Morgan fingerprint density at radius 1 is 1.09 bits per heavy atom. The predicted octanol–water partition coefficient (Wildman–Crippen LogP) is 4.81. The zero-order chi connectivity index (χ0) is 24.4. The highest BCUT2D eigenvalue weighted by Crippen LogP contribution is 2.34. The number of para-hydroxylation sites is 1. The monoisotopic (exact) mass is 477 g/mol. The van der Waals surface area contributed by atoms with Gasteiger partial charge in [0.15, 0.2) is 10.8 Å². The number of methoxy groups -OCH3 is 2. The molecule has 34 heavy (non-hydrogen) atoms. The molecule has 0 saturated carbocycles. The van der Waals surface area contributed by atoms with Gasteiger partial charge >= 0.3 is 5.97 Å². The number of aryl methyl sites for hydroxylation is 2. The zero-order valence-corrected chi connectivity index (χ0v) is 20.2. The highest BCUT2D eigenvalue weighted by molar-refractivity contribution is 7.14. The van der Waals surface area contributed by atoms with E-state index in [0.717, 1.165) is 16.8 Å². The van der Waals surface area contributed by atoms with Gasteiger partial charge in [0.2, 0.25) is 11.8 Å². The first-order valence-electron chi connectivity index (χ1n) is 10.4. The van der Waals surface area contributed by atoms with E-state index in [0.29, 0.717) is 27.9 Å². The van der Waals surface area contributed by atoms with Crippen LogP contribution in [0.2, 0.25) is 0 Å². The topological polar surface area (TPSA) is 90.3 Å². The molecule has 9 heteroatoms. The van der Waals surface area contributed by atoms with Crippen LogP contribution in [0.3, 0.4) is 0 Å². The number of hydrogen-bond donors (Lipinski definition) is 0. The molecule has 174 valence electrons. The third-order valence-electron chi connectivity index (χ3n) is 5.18. The fourth-order valence-electron chi connectivity index (χ4n) is 3.59. The number of anilines is 2. The minimum absolute atomic E-state index is 0.107. The normalized spacial score (nSPS) is 14.1. The molecule has 0 N–H and O–H groups in total. The maximum atomic E-state index is 12.5. The van der Waals surface area contributed by atoms with Gasteiger partial charge in [0.05, 0.1) is 25.6 Å². The number of ether oxygens (including phenoxy) is 3. The third kappa shape index (κ3) is 4.55. The van der Waals surface area contributed by atoms with Gasteiger partial charge in [-0.25, -0.2) is 14.8 Å². The minimum atomic E-state index is -0.593. The summed E-state index contributed by atoms with van der Waals surface area (Å²) in [6.07, 6.45) is 1.54. The second-order valence-electron chi connectivity index (χ2n) is 7.59. The Morgan fingerprint density at radius 2 is 1.74 bits per heavy atom. The molecule has 3 aromatic rings. The molecule has 0 unspecified atom stereocenters. The predicted molar refractivity (Wildman–Crippen MR) is 131 cm³/mol. The van der Waals surface area contributed by atoms with Gasteiger partial charge in [-0.05, 0) is 43.2 Å². The summed E-state index contributed by atoms with van der Waals surface area (Å²) >= 11 is 1.31. The Hall–Kier alpha value is -3.98. The second kappa shape index (κ2) is 9.48. The molecule has 1 aliphatic rings. The number of thiazole rings is 1. The molecule has 1 aliphatic heterocycles. The summed E-state index contributed by atoms with van der Waals surface area (Å²) in [4.78, 5) is 35.5. The molecule has 1 aromatic heterocycles. The number of carbonyl (C=O) groups excluding carboxylic acids is 2. The summed E-state index contributed by atoms with van der Waals surface area (Å²) < 4.78 is 15.9. The number of rotatable bonds is 6. The first-order valence-corrected chi connectivity index (χ1v) is 11.3. The number of cyclic esters (lactones) is 1. The van der Waals surface area contributed by atoms with E-state index in [1.165, 1.54) is 38.6 Å². The van der Waals surface area contributed by atoms with Crippen molar-refractivity contribution in [2.75, 3.05) is 19.1 Å². The Labute approximate surface area is 201 Å². The lowest BCUT2D eigenvalue weighted by Gasteiger charge is -2.22. The molecule has 1 amide bonds. The fourth-order valence-corrected chi connectivity index (χ4v) is 4.43. The third-order valence-corrected chi connectivity index (χ3v) is 6.03. The Bertz CT molecular complexity index is 1300. The molecule has 4 rings (SSSR count). The van der Waals surface area contributed by atoms with Crippen LogP contribution in [0.15, 0.2) is 52.5 Å². The number of benzene rings is 2. The van der Waals surface area contributed by atoms with Crippen LogP contribution in [-0.2, 0) is 14.3 Å². The van der Waals surface area contributed by atoms with Crippen LogP contribution in [0.5, 0.6) is 11.5 Å². The molecular formula is C25H23N3O5S. The van der Waals surface area contributed by atoms with E-state index in [-0.39, 0.29) is 17.5 Å². The first kappa shape index (κ1) is 23.2. The van der Waals surface area contributed by atoms with Crippen molar-refractivity contribution in [3.63, 3.8) is 0 Å². The SMILES string of the molecule is COc1cc(OC)cc(C2=N/C(=C\c3csc(N(C(C)=O)c4c(C)cccc4C)n3)C(=O)O2)c1. The van der Waals surface area contributed by atoms with Gasteiger partial charge < -0.3 is 14.2 Å². The summed E-state index contributed by atoms with van der Waals surface area (Å²) in [6.45, 7) is 5.40. The van der Waals surface area contributed by atoms with E-state index in [1.807, 2.05) is 32.0 Å². The maximum Gasteiger partial charge on any atom is 0.363 e. The van der Waals surface area contributed by atoms with Gasteiger partial charge in [0.25, 0.3) is 0 Å². The number of amides is 1. The molecule has 0 aliphatic carbocycles. The first-order chi connectivity index (χ1) is 16.3. The number of nitrogens with zero attached hydrogens (tertiary/aromatic N) is 3. The Balaban J connectivity index is 1.67. The minimum Gasteiger partial charge on any atom is -0.497 e. The lowest BCUT2D eigenvalue weighted by atomic mass is 10.1. The van der Waals surface area contributed by atoms with E-state index >= 15 is 0 Å². The van der Waals surface area contributed by atoms with Crippen LogP contribution in [0.4, 0.5) is 10.8 Å². The van der Waals surface area contributed by atoms with Gasteiger partial charge in [-0.1, -0.05) is 18.2 Å². The lowest BCUT2D eigenvalue weighted by Crippen LogP contribution is -2.24. The largest absolute Gasteiger partial charge is 0.497 e. The van der Waals surface area contributed by atoms with Crippen LogP contribution < -0.4 is 14.4 Å². The van der Waals surface area contributed by atoms with Gasteiger partial charge in [-0.15, -0.1) is 11.3 Å². The molecule has 2 aromatic carbocycles. The lowest BCUT2D eigenvalue weighted by molar-refractivity contribution is -0.130. The molecular weight excluding hydrogens is 454 g/mol. The highest BCUT2D eigenvalue weighted by Gasteiger charge is 2.26. The summed E-state index contributed by atoms with van der Waals surface area (Å²) in [5.74, 6) is 0.490. The van der Waals surface area contributed by atoms with Crippen LogP contribution >= 0.6 is 11.3 Å². The van der Waals surface area contributed by atoms with Gasteiger partial charge in [-0.3, -0.25) is 9.69 Å². The summed E-state index contributed by atoms with van der Waals surface area (Å²) in [6, 6.07) is 11.0. The van der Waals surface area contributed by atoms with Crippen molar-refractivity contribution in [1.82, 2.24) is 4.98 Å². The van der Waals surface area contributed by atoms with Crippen LogP contribution in [0.1, 0.15) is 29.3 Å². The second-order valence-corrected chi connectivity index (χ2v) is 8.42. The Morgan fingerprint density at radius 3 is 2.32 bits per heavy atom. The smallest absolute Gasteiger partial charge is 0.363 e. The van der Waals surface area contributed by atoms with Gasteiger partial charge in [-0.2, -0.15) is 0 Å². The van der Waals surface area contributed by atoms with Crippen molar-refractivity contribution in [3.8, 4) is 11.5 Å². The van der Waals surface area contributed by atoms with Crippen molar-refractivity contribution in [3.05, 3.63) is 69.9 Å². The average molecular weight is 478 g/mol. The van der Waals surface area contributed by atoms with E-state index in [9.17, 15) is 9.59 Å². The summed E-state index contributed by atoms with van der Waals surface area (Å²) in [5, 5.41) is 2.27. The van der Waals surface area contributed by atoms with E-state index in [1.54, 1.807) is 28.5 Å². The number of esters is 1. The molecule has 0 saturated heterocycles. The van der Waals surface area contributed by atoms with Crippen molar-refractivity contribution < 1.29 is 23.8 Å². The van der Waals surface area contributed by atoms with E-state index < -0.39 is 5.97 Å². The Kier molecular flexibility index (Phi) is 6.47. The van der Waals surface area contributed by atoms with E-state index in [2.05, 4.69) is 9.98 Å². The molecule has 0 fully saturated rings. The van der Waals surface area contributed by atoms with Crippen molar-refractivity contribution >= 4 is 46.0 Å². The van der Waals surface area contributed by atoms with Crippen LogP contribution in [0, 0.1) is 13.8 Å². The van der Waals surface area contributed by atoms with Crippen molar-refractivity contribution in [1.29, 1.82) is 0 Å². The van der Waals surface area contributed by atoms with Crippen molar-refractivity contribution in [2.24, 2.45) is 4.99 Å². The average Bonchev–Trinajstić information content (AvgIpc) is 3.42. The highest BCUT2D eigenvalue weighted by atomic mass is 32.1. The quantitative estimate of drug-likeness (QED) is 0.374. The number of aliphatic imine (C=N–C) groups is 1. The van der Waals surface area contributed by atoms with E-state index in [4.69, 9.17) is 14.2 Å². The number of carbonyl (C=O) groups is 2. The maximum absolute atomic E-state index is 12.5. The fraction of sp³-hybridized carbons (Fsp3) is 0.200. The summed E-state index contributed by atoms with van der Waals surface area (Å²) in [5.41, 5.74) is 3.88. The van der Waals surface area contributed by atoms with Crippen LogP contribution in [0.25, 0.3) is 6.08 Å². The zero-order valence-electron chi connectivity index (χ0n) is 19.4. The number of hydrogen-bond acceptors (Lipinski definition) is 8. The summed E-state index contributed by atoms with van der Waals surface area (Å²) in [7, 11) is 3.07. The van der Waals surface area contributed by atoms with Crippen molar-refractivity contribution in [2.45, 2.75) is 20.8 Å². The van der Waals surface area contributed by atoms with Gasteiger partial charge in [0.1, 0.15) is 11.5 Å². The standard InChI is InChI=1S/C25H23N3O5S/c1-14-7-6-8-15(2)22(14)28(16(3)29)25-26-18(13-34-25)11-21-24(30)33-23(27-21)17-9-19(31-4)12-20(10-17)32-5/h6-13H,1-5H3/b21-11-.